The van der Waals surface area contributed by atoms with Crippen LogP contribution >= 0.6 is 11.6 Å². The van der Waals surface area contributed by atoms with Crippen molar-refractivity contribution in [3.63, 3.8) is 0 Å². The maximum Gasteiger partial charge on any atom is 0.262 e. The van der Waals surface area contributed by atoms with Gasteiger partial charge in [0, 0.05) is 29.6 Å². The third-order valence-corrected chi connectivity index (χ3v) is 6.58. The minimum atomic E-state index is -3.99. The second-order valence-corrected chi connectivity index (χ2v) is 9.07. The Morgan fingerprint density at radius 3 is 2.50 bits per heavy atom. The number of primary amides is 1. The molecule has 0 aliphatic carbocycles. The molecule has 1 aliphatic rings. The number of hydrogen-bond donors (Lipinski definition) is 2. The summed E-state index contributed by atoms with van der Waals surface area (Å²) in [5, 5.41) is 0.344. The molecule has 0 atom stereocenters. The van der Waals surface area contributed by atoms with E-state index in [2.05, 4.69) is 4.72 Å². The molecule has 3 N–H and O–H groups in total. The number of methoxy groups -OCH3 is 1. The molecule has 1 heterocycles. The van der Waals surface area contributed by atoms with Crippen LogP contribution in [0.15, 0.2) is 47.4 Å². The van der Waals surface area contributed by atoms with Crippen molar-refractivity contribution in [1.29, 1.82) is 0 Å². The molecule has 0 radical (unpaired) electrons. The number of carbonyl (C=O) groups is 2. The molecule has 0 saturated carbocycles. The number of amides is 2. The summed E-state index contributed by atoms with van der Waals surface area (Å²) in [5.41, 5.74) is 5.76. The highest BCUT2D eigenvalue weighted by molar-refractivity contribution is 7.92. The van der Waals surface area contributed by atoms with Crippen molar-refractivity contribution in [2.24, 2.45) is 11.7 Å². The van der Waals surface area contributed by atoms with Crippen LogP contribution in [0.4, 0.5) is 5.69 Å². The molecular weight excluding hydrogens is 430 g/mol. The van der Waals surface area contributed by atoms with E-state index < -0.39 is 10.0 Å². The van der Waals surface area contributed by atoms with Crippen molar-refractivity contribution in [1.82, 2.24) is 4.90 Å². The van der Waals surface area contributed by atoms with Crippen LogP contribution in [0.1, 0.15) is 23.2 Å². The zero-order valence-electron chi connectivity index (χ0n) is 16.3. The molecule has 8 nitrogen and oxygen atoms in total. The fourth-order valence-corrected chi connectivity index (χ4v) is 4.59. The van der Waals surface area contributed by atoms with Crippen molar-refractivity contribution in [3.05, 3.63) is 53.1 Å². The van der Waals surface area contributed by atoms with E-state index in [0.29, 0.717) is 36.7 Å². The zero-order chi connectivity index (χ0) is 21.9. The molecular formula is C20H22ClN3O5S. The average molecular weight is 452 g/mol. The van der Waals surface area contributed by atoms with Gasteiger partial charge in [-0.2, -0.15) is 0 Å². The summed E-state index contributed by atoms with van der Waals surface area (Å²) in [6.45, 7) is 0.781. The molecule has 2 aromatic carbocycles. The predicted octanol–water partition coefficient (Wildman–Crippen LogP) is 2.49. The van der Waals surface area contributed by atoms with Gasteiger partial charge in [-0.25, -0.2) is 8.42 Å². The predicted molar refractivity (Wildman–Crippen MR) is 113 cm³/mol. The normalized spacial score (nSPS) is 14.9. The Bertz CT molecular complexity index is 1070. The van der Waals surface area contributed by atoms with Crippen molar-refractivity contribution in [3.8, 4) is 5.75 Å². The summed E-state index contributed by atoms with van der Waals surface area (Å²) in [4.78, 5) is 25.6. The van der Waals surface area contributed by atoms with Gasteiger partial charge in [0.2, 0.25) is 5.91 Å². The number of ether oxygens (including phenoxy) is 1. The van der Waals surface area contributed by atoms with Gasteiger partial charge < -0.3 is 15.4 Å². The molecule has 2 amide bonds. The summed E-state index contributed by atoms with van der Waals surface area (Å²) in [6.07, 6.45) is 0.990. The number of sulfonamides is 1. The van der Waals surface area contributed by atoms with Gasteiger partial charge in [0.15, 0.2) is 0 Å². The Balaban J connectivity index is 1.80. The van der Waals surface area contributed by atoms with E-state index >= 15 is 0 Å². The molecule has 0 spiro atoms. The second kappa shape index (κ2) is 8.93. The first-order valence-corrected chi connectivity index (χ1v) is 11.1. The summed E-state index contributed by atoms with van der Waals surface area (Å²) in [5.74, 6) is -0.585. The van der Waals surface area contributed by atoms with E-state index in [4.69, 9.17) is 22.1 Å². The Morgan fingerprint density at radius 2 is 1.87 bits per heavy atom. The van der Waals surface area contributed by atoms with E-state index in [-0.39, 0.29) is 33.9 Å². The number of anilines is 1. The van der Waals surface area contributed by atoms with E-state index in [0.717, 1.165) is 0 Å². The molecule has 30 heavy (non-hydrogen) atoms. The van der Waals surface area contributed by atoms with Crippen molar-refractivity contribution < 1.29 is 22.7 Å². The van der Waals surface area contributed by atoms with Gasteiger partial charge in [-0.3, -0.25) is 14.3 Å². The quantitative estimate of drug-likeness (QED) is 0.699. The van der Waals surface area contributed by atoms with Crippen molar-refractivity contribution >= 4 is 39.1 Å². The number of hydrogen-bond acceptors (Lipinski definition) is 5. The SMILES string of the molecule is COc1ccc(Cl)cc1NS(=O)(=O)c1cccc(C(=O)N2CCC(C(N)=O)CC2)c1. The highest BCUT2D eigenvalue weighted by Crippen LogP contribution is 2.30. The van der Waals surface area contributed by atoms with Crippen LogP contribution in [-0.2, 0) is 14.8 Å². The van der Waals surface area contributed by atoms with Crippen LogP contribution in [0.2, 0.25) is 5.02 Å². The molecule has 0 bridgehead atoms. The maximum absolute atomic E-state index is 12.9. The van der Waals surface area contributed by atoms with Gasteiger partial charge in [0.05, 0.1) is 17.7 Å². The minimum absolute atomic E-state index is 0.0672. The molecule has 1 fully saturated rings. The van der Waals surface area contributed by atoms with Crippen molar-refractivity contribution in [2.75, 3.05) is 24.9 Å². The largest absolute Gasteiger partial charge is 0.495 e. The third kappa shape index (κ3) is 4.85. The second-order valence-electron chi connectivity index (χ2n) is 6.95. The first-order chi connectivity index (χ1) is 14.2. The fraction of sp³-hybridized carbons (Fsp3) is 0.300. The molecule has 160 valence electrons. The van der Waals surface area contributed by atoms with E-state index in [1.54, 1.807) is 23.1 Å². The number of piperidine rings is 1. The summed E-state index contributed by atoms with van der Waals surface area (Å²) < 4.78 is 33.3. The van der Waals surface area contributed by atoms with Gasteiger partial charge in [0.25, 0.3) is 15.9 Å². The van der Waals surface area contributed by atoms with Crippen LogP contribution in [0.25, 0.3) is 0 Å². The van der Waals surface area contributed by atoms with Gasteiger partial charge >= 0.3 is 0 Å². The number of nitrogens with zero attached hydrogens (tertiary/aromatic N) is 1. The monoisotopic (exact) mass is 451 g/mol. The van der Waals surface area contributed by atoms with Crippen molar-refractivity contribution in [2.45, 2.75) is 17.7 Å². The number of halogens is 1. The Kier molecular flexibility index (Phi) is 6.52. The number of rotatable bonds is 6. The average Bonchev–Trinajstić information content (AvgIpc) is 2.73. The van der Waals surface area contributed by atoms with E-state index in [1.165, 1.54) is 31.4 Å². The first-order valence-electron chi connectivity index (χ1n) is 9.26. The maximum atomic E-state index is 12.9. The topological polar surface area (TPSA) is 119 Å². The summed E-state index contributed by atoms with van der Waals surface area (Å²) >= 11 is 5.96. The molecule has 10 heteroatoms. The highest BCUT2D eigenvalue weighted by Gasteiger charge is 2.27. The highest BCUT2D eigenvalue weighted by atomic mass is 35.5. The van der Waals surface area contributed by atoms with Crippen LogP contribution in [0.3, 0.4) is 0 Å². The van der Waals surface area contributed by atoms with Crippen LogP contribution in [0.5, 0.6) is 5.75 Å². The molecule has 0 aromatic heterocycles. The molecule has 3 rings (SSSR count). The number of carbonyl (C=O) groups excluding carboxylic acids is 2. The summed E-state index contributed by atoms with van der Waals surface area (Å²) in [7, 11) is -2.57. The van der Waals surface area contributed by atoms with Gasteiger partial charge in [0.1, 0.15) is 5.75 Å². The number of likely N-dealkylation sites (tertiary alicyclic amines) is 1. The Labute approximate surface area is 180 Å². The molecule has 1 saturated heterocycles. The number of benzene rings is 2. The smallest absolute Gasteiger partial charge is 0.262 e. The standard InChI is InChI=1S/C20H22ClN3O5S/c1-29-18-6-5-15(21)12-17(18)23-30(27,28)16-4-2-3-14(11-16)20(26)24-9-7-13(8-10-24)19(22)25/h2-6,11-13,23H,7-10H2,1H3,(H2,22,25). The van der Waals surface area contributed by atoms with Crippen LogP contribution in [-0.4, -0.2) is 45.3 Å². The molecule has 1 aliphatic heterocycles. The summed E-state index contributed by atoms with van der Waals surface area (Å²) in [6, 6.07) is 10.4. The lowest BCUT2D eigenvalue weighted by atomic mass is 9.96. The van der Waals surface area contributed by atoms with Crippen LogP contribution in [0, 0.1) is 5.92 Å². The lowest BCUT2D eigenvalue weighted by Crippen LogP contribution is -2.41. The van der Waals surface area contributed by atoms with Gasteiger partial charge in [-0.15, -0.1) is 0 Å². The van der Waals surface area contributed by atoms with E-state index in [1.807, 2.05) is 0 Å². The Hall–Kier alpha value is -2.78. The number of nitrogens with two attached hydrogens (primary N) is 1. The lowest BCUT2D eigenvalue weighted by molar-refractivity contribution is -0.123. The van der Waals surface area contributed by atoms with E-state index in [9.17, 15) is 18.0 Å². The Morgan fingerprint density at radius 1 is 1.17 bits per heavy atom. The first kappa shape index (κ1) is 21.9. The van der Waals surface area contributed by atoms with Gasteiger partial charge in [-0.05, 0) is 49.2 Å². The van der Waals surface area contributed by atoms with Crippen LogP contribution < -0.4 is 15.2 Å². The third-order valence-electron chi connectivity index (χ3n) is 4.98. The minimum Gasteiger partial charge on any atom is -0.495 e. The van der Waals surface area contributed by atoms with Gasteiger partial charge in [-0.1, -0.05) is 17.7 Å². The lowest BCUT2D eigenvalue weighted by Gasteiger charge is -2.30. The fourth-order valence-electron chi connectivity index (χ4n) is 3.31. The zero-order valence-corrected chi connectivity index (χ0v) is 17.9. The number of nitrogens with one attached hydrogen (secondary N) is 1. The molecule has 2 aromatic rings. The molecule has 0 unspecified atom stereocenters.